The molecule has 6 nitrogen and oxygen atoms in total. The second kappa shape index (κ2) is 5.29. The lowest BCUT2D eigenvalue weighted by Crippen LogP contribution is -2.44. The molecule has 17 heavy (non-hydrogen) atoms. The molecule has 2 heterocycles. The van der Waals surface area contributed by atoms with E-state index in [-0.39, 0.29) is 12.7 Å². The molecular formula is C11H17N3O3. The van der Waals surface area contributed by atoms with Gasteiger partial charge < -0.3 is 19.5 Å². The highest BCUT2D eigenvalue weighted by Gasteiger charge is 2.21. The number of anilines is 1. The number of rotatable bonds is 3. The Bertz CT molecular complexity index is 386. The smallest absolute Gasteiger partial charge is 0.318 e. The number of aliphatic hydroxyl groups is 1. The van der Waals surface area contributed by atoms with Crippen molar-refractivity contribution in [1.82, 2.24) is 9.97 Å². The van der Waals surface area contributed by atoms with E-state index in [0.717, 1.165) is 18.1 Å². The van der Waals surface area contributed by atoms with Gasteiger partial charge in [-0.3, -0.25) is 0 Å². The lowest BCUT2D eigenvalue weighted by Gasteiger charge is -2.32. The predicted octanol–water partition coefficient (Wildman–Crippen LogP) is -0.00888. The molecule has 1 fully saturated rings. The summed E-state index contributed by atoms with van der Waals surface area (Å²) in [5.41, 5.74) is 0.860. The van der Waals surface area contributed by atoms with Crippen LogP contribution in [0.1, 0.15) is 5.69 Å². The maximum atomic E-state index is 9.10. The largest absolute Gasteiger partial charge is 0.467 e. The van der Waals surface area contributed by atoms with E-state index in [4.69, 9.17) is 14.6 Å². The summed E-state index contributed by atoms with van der Waals surface area (Å²) < 4.78 is 10.4. The summed E-state index contributed by atoms with van der Waals surface area (Å²) in [4.78, 5) is 10.5. The summed E-state index contributed by atoms with van der Waals surface area (Å²) in [6, 6.07) is 2.27. The molecule has 1 N–H and O–H groups in total. The summed E-state index contributed by atoms with van der Waals surface area (Å²) in [5, 5.41) is 9.10. The van der Waals surface area contributed by atoms with Crippen molar-refractivity contribution in [2.45, 2.75) is 13.0 Å². The van der Waals surface area contributed by atoms with Gasteiger partial charge in [-0.1, -0.05) is 0 Å². The number of aromatic nitrogens is 2. The molecule has 1 aromatic rings. The van der Waals surface area contributed by atoms with Crippen LogP contribution in [0.25, 0.3) is 0 Å². The lowest BCUT2D eigenvalue weighted by molar-refractivity contribution is 0.00333. The van der Waals surface area contributed by atoms with Crippen molar-refractivity contribution in [3.05, 3.63) is 11.8 Å². The minimum absolute atomic E-state index is 0.0255. The molecule has 1 unspecified atom stereocenters. The second-order valence-corrected chi connectivity index (χ2v) is 3.98. The average Bonchev–Trinajstić information content (AvgIpc) is 2.38. The second-order valence-electron chi connectivity index (χ2n) is 3.98. The number of ether oxygens (including phenoxy) is 2. The molecule has 94 valence electrons. The minimum Gasteiger partial charge on any atom is -0.467 e. The number of aliphatic hydroxyl groups excluding tert-OH is 1. The van der Waals surface area contributed by atoms with Crippen LogP contribution >= 0.6 is 0 Å². The molecule has 0 radical (unpaired) electrons. The summed E-state index contributed by atoms with van der Waals surface area (Å²) in [5.74, 6) is 0.816. The van der Waals surface area contributed by atoms with Crippen LogP contribution in [-0.2, 0) is 4.74 Å². The van der Waals surface area contributed by atoms with Crippen LogP contribution in [0.2, 0.25) is 0 Å². The molecule has 1 saturated heterocycles. The number of aryl methyl sites for hydroxylation is 1. The first-order valence-electron chi connectivity index (χ1n) is 5.60. The van der Waals surface area contributed by atoms with Crippen molar-refractivity contribution in [2.24, 2.45) is 0 Å². The highest BCUT2D eigenvalue weighted by molar-refractivity contribution is 5.41. The van der Waals surface area contributed by atoms with Gasteiger partial charge in [0.2, 0.25) is 0 Å². The van der Waals surface area contributed by atoms with Crippen LogP contribution in [0.3, 0.4) is 0 Å². The van der Waals surface area contributed by atoms with Crippen LogP contribution in [0.15, 0.2) is 6.07 Å². The highest BCUT2D eigenvalue weighted by Crippen LogP contribution is 2.18. The van der Waals surface area contributed by atoms with Crippen molar-refractivity contribution in [3.8, 4) is 6.01 Å². The highest BCUT2D eigenvalue weighted by atomic mass is 16.5. The predicted molar refractivity (Wildman–Crippen MR) is 62.4 cm³/mol. The van der Waals surface area contributed by atoms with Gasteiger partial charge >= 0.3 is 6.01 Å². The normalized spacial score (nSPS) is 20.4. The zero-order valence-electron chi connectivity index (χ0n) is 10.1. The van der Waals surface area contributed by atoms with Gasteiger partial charge in [0, 0.05) is 24.8 Å². The monoisotopic (exact) mass is 239 g/mol. The molecule has 2 rings (SSSR count). The quantitative estimate of drug-likeness (QED) is 0.800. The molecule has 1 aromatic heterocycles. The molecule has 6 heteroatoms. The maximum Gasteiger partial charge on any atom is 0.318 e. The minimum atomic E-state index is -0.148. The van der Waals surface area contributed by atoms with Gasteiger partial charge in [-0.05, 0) is 6.92 Å². The van der Waals surface area contributed by atoms with Crippen LogP contribution in [0.4, 0.5) is 5.82 Å². The summed E-state index contributed by atoms with van der Waals surface area (Å²) >= 11 is 0. The molecule has 0 aromatic carbocycles. The molecule has 0 saturated carbocycles. The molecule has 0 spiro atoms. The molecule has 1 aliphatic heterocycles. The van der Waals surface area contributed by atoms with E-state index in [1.54, 1.807) is 7.11 Å². The first-order valence-corrected chi connectivity index (χ1v) is 5.60. The van der Waals surface area contributed by atoms with Crippen LogP contribution in [-0.4, -0.2) is 54.6 Å². The third-order valence-electron chi connectivity index (χ3n) is 2.67. The maximum absolute atomic E-state index is 9.10. The fraction of sp³-hybridized carbons (Fsp3) is 0.636. The van der Waals surface area contributed by atoms with Crippen molar-refractivity contribution >= 4 is 5.82 Å². The van der Waals surface area contributed by atoms with E-state index >= 15 is 0 Å². The van der Waals surface area contributed by atoms with E-state index in [9.17, 15) is 0 Å². The van der Waals surface area contributed by atoms with Crippen molar-refractivity contribution in [3.63, 3.8) is 0 Å². The van der Waals surface area contributed by atoms with Gasteiger partial charge in [-0.2, -0.15) is 4.98 Å². The average molecular weight is 239 g/mol. The van der Waals surface area contributed by atoms with Gasteiger partial charge in [0.25, 0.3) is 0 Å². The van der Waals surface area contributed by atoms with Crippen molar-refractivity contribution in [1.29, 1.82) is 0 Å². The molecule has 1 atom stereocenters. The number of methoxy groups -OCH3 is 1. The fourth-order valence-electron chi connectivity index (χ4n) is 1.82. The fourth-order valence-corrected chi connectivity index (χ4v) is 1.82. The van der Waals surface area contributed by atoms with Gasteiger partial charge in [0.1, 0.15) is 5.82 Å². The third kappa shape index (κ3) is 2.83. The van der Waals surface area contributed by atoms with E-state index in [1.165, 1.54) is 0 Å². The topological polar surface area (TPSA) is 67.7 Å². The first kappa shape index (κ1) is 12.1. The molecule has 0 bridgehead atoms. The third-order valence-corrected chi connectivity index (χ3v) is 2.67. The molecule has 0 amide bonds. The van der Waals surface area contributed by atoms with Crippen molar-refractivity contribution < 1.29 is 14.6 Å². The van der Waals surface area contributed by atoms with Crippen LogP contribution in [0, 0.1) is 6.92 Å². The standard InChI is InChI=1S/C11H17N3O3/c1-8-5-10(13-11(12-8)16-2)14-3-4-17-9(6-14)7-15/h5,9,15H,3-4,6-7H2,1-2H3. The van der Waals surface area contributed by atoms with E-state index in [0.29, 0.717) is 19.2 Å². The van der Waals surface area contributed by atoms with Crippen LogP contribution in [0.5, 0.6) is 6.01 Å². The summed E-state index contributed by atoms with van der Waals surface area (Å²) in [7, 11) is 1.55. The Hall–Kier alpha value is -1.40. The zero-order valence-corrected chi connectivity index (χ0v) is 10.1. The number of morpholine rings is 1. The Morgan fingerprint density at radius 3 is 3.12 bits per heavy atom. The summed E-state index contributed by atoms with van der Waals surface area (Å²) in [6.45, 7) is 3.91. The Kier molecular flexibility index (Phi) is 3.75. The Balaban J connectivity index is 2.18. The molecule has 0 aliphatic carbocycles. The Labute approximate surface area is 100 Å². The SMILES string of the molecule is COc1nc(C)cc(N2CCOC(CO)C2)n1. The number of nitrogens with zero attached hydrogens (tertiary/aromatic N) is 3. The van der Waals surface area contributed by atoms with Gasteiger partial charge in [0.05, 0.1) is 26.4 Å². The number of hydrogen-bond donors (Lipinski definition) is 1. The van der Waals surface area contributed by atoms with Crippen molar-refractivity contribution in [2.75, 3.05) is 38.3 Å². The van der Waals surface area contributed by atoms with Gasteiger partial charge in [-0.25, -0.2) is 4.98 Å². The molecule has 1 aliphatic rings. The lowest BCUT2D eigenvalue weighted by atomic mass is 10.2. The van der Waals surface area contributed by atoms with E-state index in [1.807, 2.05) is 13.0 Å². The zero-order chi connectivity index (χ0) is 12.3. The number of hydrogen-bond acceptors (Lipinski definition) is 6. The Morgan fingerprint density at radius 2 is 2.41 bits per heavy atom. The van der Waals surface area contributed by atoms with Gasteiger partial charge in [-0.15, -0.1) is 0 Å². The van der Waals surface area contributed by atoms with E-state index in [2.05, 4.69) is 14.9 Å². The van der Waals surface area contributed by atoms with Crippen LogP contribution < -0.4 is 9.64 Å². The first-order chi connectivity index (χ1) is 8.22. The summed E-state index contributed by atoms with van der Waals surface area (Å²) in [6.07, 6.45) is -0.148. The molecular weight excluding hydrogens is 222 g/mol. The van der Waals surface area contributed by atoms with Gasteiger partial charge in [0.15, 0.2) is 0 Å². The van der Waals surface area contributed by atoms with E-state index < -0.39 is 0 Å². The Morgan fingerprint density at radius 1 is 1.59 bits per heavy atom.